The van der Waals surface area contributed by atoms with Gasteiger partial charge in [-0.25, -0.2) is 12.8 Å². The Morgan fingerprint density at radius 1 is 1.35 bits per heavy atom. The topological polar surface area (TPSA) is 49.4 Å². The summed E-state index contributed by atoms with van der Waals surface area (Å²) in [6.45, 7) is 1.60. The highest BCUT2D eigenvalue weighted by Gasteiger charge is 2.30. The fourth-order valence-electron chi connectivity index (χ4n) is 2.20. The molecule has 1 aliphatic heterocycles. The second kappa shape index (κ2) is 7.17. The lowest BCUT2D eigenvalue weighted by Crippen LogP contribution is -2.43. The van der Waals surface area contributed by atoms with Crippen molar-refractivity contribution in [1.29, 1.82) is 0 Å². The van der Waals surface area contributed by atoms with Crippen LogP contribution in [0.25, 0.3) is 0 Å². The van der Waals surface area contributed by atoms with Gasteiger partial charge in [-0.3, -0.25) is 0 Å². The van der Waals surface area contributed by atoms with E-state index in [1.165, 1.54) is 16.4 Å². The minimum Gasteiger partial charge on any atom is -0.317 e. The van der Waals surface area contributed by atoms with Crippen LogP contribution in [-0.4, -0.2) is 38.9 Å². The van der Waals surface area contributed by atoms with Crippen molar-refractivity contribution in [1.82, 2.24) is 9.62 Å². The number of nitrogens with zero attached hydrogens (tertiary/aromatic N) is 1. The molecule has 1 aromatic carbocycles. The molecule has 1 saturated heterocycles. The van der Waals surface area contributed by atoms with Crippen LogP contribution in [0.5, 0.6) is 0 Å². The third kappa shape index (κ3) is 3.71. The van der Waals surface area contributed by atoms with E-state index in [0.717, 1.165) is 32.0 Å². The third-order valence-corrected chi connectivity index (χ3v) is 6.28. The van der Waals surface area contributed by atoms with E-state index in [2.05, 4.69) is 21.2 Å². The summed E-state index contributed by atoms with van der Waals surface area (Å²) >= 11 is 3.17. The van der Waals surface area contributed by atoms with Crippen LogP contribution < -0.4 is 5.32 Å². The van der Waals surface area contributed by atoms with Gasteiger partial charge >= 0.3 is 0 Å². The van der Waals surface area contributed by atoms with Gasteiger partial charge in [0.05, 0.1) is 4.90 Å². The quantitative estimate of drug-likeness (QED) is 0.866. The molecule has 4 nitrogen and oxygen atoms in total. The summed E-state index contributed by atoms with van der Waals surface area (Å²) in [6, 6.07) is 3.66. The van der Waals surface area contributed by atoms with E-state index in [-0.39, 0.29) is 23.3 Å². The summed E-state index contributed by atoms with van der Waals surface area (Å²) < 4.78 is 40.0. The molecule has 0 saturated carbocycles. The predicted molar refractivity (Wildman–Crippen MR) is 82.2 cm³/mol. The highest BCUT2D eigenvalue weighted by atomic mass is 79.9. The summed E-state index contributed by atoms with van der Waals surface area (Å²) in [7, 11) is -2.11. The zero-order valence-corrected chi connectivity index (χ0v) is 14.2. The molecule has 0 radical (unpaired) electrons. The van der Waals surface area contributed by atoms with E-state index < -0.39 is 15.8 Å². The molecule has 0 unspecified atom stereocenters. The van der Waals surface area contributed by atoms with Gasteiger partial charge in [-0.2, -0.15) is 4.31 Å². The van der Waals surface area contributed by atoms with Gasteiger partial charge in [0.15, 0.2) is 0 Å². The van der Waals surface area contributed by atoms with Gasteiger partial charge in [0.1, 0.15) is 5.82 Å². The zero-order chi connectivity index (χ0) is 14.0. The summed E-state index contributed by atoms with van der Waals surface area (Å²) in [5.41, 5.74) is 0. The Hall–Kier alpha value is -0.210. The first kappa shape index (κ1) is 17.8. The van der Waals surface area contributed by atoms with Crippen molar-refractivity contribution in [2.45, 2.75) is 23.8 Å². The summed E-state index contributed by atoms with van der Waals surface area (Å²) in [5, 5.41) is 3.19. The van der Waals surface area contributed by atoms with Gasteiger partial charge in [-0.15, -0.1) is 12.4 Å². The maximum atomic E-state index is 13.3. The molecule has 1 aromatic rings. The first-order valence-electron chi connectivity index (χ1n) is 6.07. The Kier molecular flexibility index (Phi) is 6.40. The van der Waals surface area contributed by atoms with Gasteiger partial charge < -0.3 is 5.32 Å². The molecule has 20 heavy (non-hydrogen) atoms. The number of piperidine rings is 1. The van der Waals surface area contributed by atoms with Crippen LogP contribution in [0.4, 0.5) is 4.39 Å². The molecule has 0 bridgehead atoms. The first-order valence-corrected chi connectivity index (χ1v) is 8.30. The Balaban J connectivity index is 0.00000200. The Labute approximate surface area is 133 Å². The lowest BCUT2D eigenvalue weighted by atomic mass is 10.1. The average Bonchev–Trinajstić information content (AvgIpc) is 2.41. The van der Waals surface area contributed by atoms with Crippen LogP contribution in [0.1, 0.15) is 12.8 Å². The molecule has 0 spiro atoms. The normalized spacial score (nSPS) is 17.0. The number of rotatable bonds is 3. The van der Waals surface area contributed by atoms with E-state index >= 15 is 0 Å². The molecule has 1 N–H and O–H groups in total. The monoisotopic (exact) mass is 386 g/mol. The van der Waals surface area contributed by atoms with Crippen molar-refractivity contribution in [2.75, 3.05) is 20.1 Å². The van der Waals surface area contributed by atoms with Gasteiger partial charge in [-0.1, -0.05) is 0 Å². The van der Waals surface area contributed by atoms with Crippen LogP contribution >= 0.6 is 28.3 Å². The van der Waals surface area contributed by atoms with Crippen molar-refractivity contribution in [2.24, 2.45) is 0 Å². The second-order valence-corrected chi connectivity index (χ2v) is 7.40. The number of benzene rings is 1. The molecule has 0 atom stereocenters. The Morgan fingerprint density at radius 3 is 2.55 bits per heavy atom. The van der Waals surface area contributed by atoms with E-state index in [4.69, 9.17) is 0 Å². The van der Waals surface area contributed by atoms with Crippen LogP contribution in [0.15, 0.2) is 27.6 Å². The average molecular weight is 388 g/mol. The summed E-state index contributed by atoms with van der Waals surface area (Å²) in [4.78, 5) is -0.0199. The molecule has 2 rings (SSSR count). The largest absolute Gasteiger partial charge is 0.317 e. The predicted octanol–water partition coefficient (Wildman–Crippen LogP) is 2.38. The maximum Gasteiger partial charge on any atom is 0.244 e. The highest BCUT2D eigenvalue weighted by molar-refractivity contribution is 9.10. The molecular formula is C12H17BrClFN2O2S. The minimum atomic E-state index is -3.67. The second-order valence-electron chi connectivity index (χ2n) is 4.58. The van der Waals surface area contributed by atoms with Gasteiger partial charge in [0.2, 0.25) is 10.0 Å². The Bertz CT molecular complexity index is 565. The number of hydrogen-bond acceptors (Lipinski definition) is 3. The lowest BCUT2D eigenvalue weighted by molar-refractivity contribution is 0.296. The van der Waals surface area contributed by atoms with E-state index in [1.54, 1.807) is 7.05 Å². The Morgan fingerprint density at radius 2 is 1.95 bits per heavy atom. The van der Waals surface area contributed by atoms with Gasteiger partial charge in [0, 0.05) is 17.6 Å². The first-order chi connectivity index (χ1) is 8.93. The van der Waals surface area contributed by atoms with Crippen molar-refractivity contribution in [3.63, 3.8) is 0 Å². The van der Waals surface area contributed by atoms with Crippen LogP contribution in [0.3, 0.4) is 0 Å². The van der Waals surface area contributed by atoms with E-state index in [1.807, 2.05) is 0 Å². The van der Waals surface area contributed by atoms with Crippen molar-refractivity contribution in [3.05, 3.63) is 28.5 Å². The molecule has 1 aliphatic rings. The molecule has 0 aromatic heterocycles. The van der Waals surface area contributed by atoms with Crippen molar-refractivity contribution >= 4 is 38.4 Å². The third-order valence-electron chi connectivity index (χ3n) is 3.37. The fraction of sp³-hybridized carbons (Fsp3) is 0.500. The molecular weight excluding hydrogens is 371 g/mol. The zero-order valence-electron chi connectivity index (χ0n) is 11.0. The maximum absolute atomic E-state index is 13.3. The molecule has 8 heteroatoms. The number of sulfonamides is 1. The van der Waals surface area contributed by atoms with Crippen LogP contribution in [0, 0.1) is 5.82 Å². The molecule has 1 heterocycles. The summed E-state index contributed by atoms with van der Waals surface area (Å²) in [5.74, 6) is -0.555. The lowest BCUT2D eigenvalue weighted by Gasteiger charge is -2.31. The molecule has 114 valence electrons. The minimum absolute atomic E-state index is 0. The van der Waals surface area contributed by atoms with Gasteiger partial charge in [0.25, 0.3) is 0 Å². The smallest absolute Gasteiger partial charge is 0.244 e. The van der Waals surface area contributed by atoms with Crippen LogP contribution in [0.2, 0.25) is 0 Å². The van der Waals surface area contributed by atoms with Crippen molar-refractivity contribution < 1.29 is 12.8 Å². The molecule has 0 amide bonds. The summed E-state index contributed by atoms with van der Waals surface area (Å²) in [6.07, 6.45) is 1.53. The fourth-order valence-corrected chi connectivity index (χ4v) is 4.55. The number of nitrogens with one attached hydrogen (secondary N) is 1. The van der Waals surface area contributed by atoms with Gasteiger partial charge in [-0.05, 0) is 60.1 Å². The number of halogens is 3. The molecule has 1 fully saturated rings. The van der Waals surface area contributed by atoms with E-state index in [9.17, 15) is 12.8 Å². The van der Waals surface area contributed by atoms with Crippen molar-refractivity contribution in [3.8, 4) is 0 Å². The highest BCUT2D eigenvalue weighted by Crippen LogP contribution is 2.27. The molecule has 0 aliphatic carbocycles. The van der Waals surface area contributed by atoms with E-state index in [0.29, 0.717) is 4.47 Å². The standard InChI is InChI=1S/C12H16BrFN2O2S.ClH/c1-16(10-4-6-15-7-5-10)19(17,18)12-8-9(14)2-3-11(12)13;/h2-3,8,10,15H,4-7H2,1H3;1H. The SMILES string of the molecule is CN(C1CCNCC1)S(=O)(=O)c1cc(F)ccc1Br.Cl. The van der Waals surface area contributed by atoms with Crippen LogP contribution in [-0.2, 0) is 10.0 Å². The number of hydrogen-bond donors (Lipinski definition) is 1.